The second-order valence-corrected chi connectivity index (χ2v) is 10.4. The predicted molar refractivity (Wildman–Crippen MR) is 123 cm³/mol. The molecule has 0 saturated heterocycles. The number of hydrogen-bond acceptors (Lipinski definition) is 4. The van der Waals surface area contributed by atoms with Crippen LogP contribution < -0.4 is 10.6 Å². The summed E-state index contributed by atoms with van der Waals surface area (Å²) in [4.78, 5) is 13.6. The number of esters is 1. The van der Waals surface area contributed by atoms with E-state index in [-0.39, 0.29) is 16.9 Å². The molecule has 0 saturated carbocycles. The van der Waals surface area contributed by atoms with Crippen molar-refractivity contribution >= 4 is 39.6 Å². The van der Waals surface area contributed by atoms with Crippen molar-refractivity contribution in [2.75, 3.05) is 12.4 Å². The average molecular weight is 419 g/mol. The van der Waals surface area contributed by atoms with Gasteiger partial charge in [-0.15, -0.1) is 11.3 Å². The van der Waals surface area contributed by atoms with Gasteiger partial charge >= 0.3 is 5.97 Å². The Labute approximate surface area is 177 Å². The van der Waals surface area contributed by atoms with Crippen LogP contribution >= 0.6 is 23.6 Å². The molecule has 0 aliphatic carbocycles. The standard InChI is InChI=1S/C22H30N2O2S2/c1-14-16(15-11-9-8-10-12-15)17(19(25)26-7)18(28-14)23-20(27)24-22(5,6)13-21(2,3)4/h8-12H,13H2,1-7H3,(H2,23,24,27). The lowest BCUT2D eigenvalue weighted by atomic mass is 9.82. The molecule has 0 aliphatic rings. The Morgan fingerprint density at radius 1 is 1.14 bits per heavy atom. The summed E-state index contributed by atoms with van der Waals surface area (Å²) in [5.74, 6) is -0.373. The summed E-state index contributed by atoms with van der Waals surface area (Å²) >= 11 is 7.06. The third kappa shape index (κ3) is 5.79. The van der Waals surface area contributed by atoms with Crippen LogP contribution in [0.5, 0.6) is 0 Å². The molecule has 0 spiro atoms. The third-order valence-corrected chi connectivity index (χ3v) is 5.41. The minimum atomic E-state index is -0.373. The lowest BCUT2D eigenvalue weighted by Crippen LogP contribution is -2.47. The van der Waals surface area contributed by atoms with Crippen LogP contribution in [-0.2, 0) is 4.74 Å². The van der Waals surface area contributed by atoms with Gasteiger partial charge in [0, 0.05) is 16.0 Å². The van der Waals surface area contributed by atoms with Crippen LogP contribution in [0.2, 0.25) is 0 Å². The maximum Gasteiger partial charge on any atom is 0.341 e. The zero-order valence-corrected chi connectivity index (χ0v) is 19.4. The molecule has 28 heavy (non-hydrogen) atoms. The van der Waals surface area contributed by atoms with Gasteiger partial charge in [0.25, 0.3) is 0 Å². The Morgan fingerprint density at radius 2 is 1.75 bits per heavy atom. The fourth-order valence-corrected chi connectivity index (χ4v) is 5.21. The van der Waals surface area contributed by atoms with Crippen molar-refractivity contribution in [1.82, 2.24) is 5.32 Å². The highest BCUT2D eigenvalue weighted by Crippen LogP contribution is 2.40. The van der Waals surface area contributed by atoms with Gasteiger partial charge in [0.05, 0.1) is 7.11 Å². The largest absolute Gasteiger partial charge is 0.465 e. The van der Waals surface area contributed by atoms with Crippen LogP contribution in [-0.4, -0.2) is 23.7 Å². The molecule has 1 heterocycles. The summed E-state index contributed by atoms with van der Waals surface area (Å²) in [5.41, 5.74) is 2.38. The molecule has 4 nitrogen and oxygen atoms in total. The number of methoxy groups -OCH3 is 1. The first kappa shape index (κ1) is 22.4. The second kappa shape index (κ2) is 8.62. The lowest BCUT2D eigenvalue weighted by Gasteiger charge is -2.34. The average Bonchev–Trinajstić information content (AvgIpc) is 2.87. The topological polar surface area (TPSA) is 50.4 Å². The van der Waals surface area contributed by atoms with Gasteiger partial charge in [-0.25, -0.2) is 4.79 Å². The summed E-state index contributed by atoms with van der Waals surface area (Å²) in [7, 11) is 1.40. The van der Waals surface area contributed by atoms with Crippen molar-refractivity contribution in [2.24, 2.45) is 5.41 Å². The monoisotopic (exact) mass is 418 g/mol. The van der Waals surface area contributed by atoms with E-state index >= 15 is 0 Å². The smallest absolute Gasteiger partial charge is 0.341 e. The van der Waals surface area contributed by atoms with Gasteiger partial charge in [-0.3, -0.25) is 0 Å². The minimum absolute atomic E-state index is 0.170. The molecule has 0 unspecified atom stereocenters. The van der Waals surface area contributed by atoms with Gasteiger partial charge in [0.15, 0.2) is 5.11 Å². The summed E-state index contributed by atoms with van der Waals surface area (Å²) < 4.78 is 5.06. The van der Waals surface area contributed by atoms with Crippen LogP contribution in [0.25, 0.3) is 11.1 Å². The molecule has 2 rings (SSSR count). The van der Waals surface area contributed by atoms with E-state index in [9.17, 15) is 4.79 Å². The molecule has 0 atom stereocenters. The molecule has 0 bridgehead atoms. The van der Waals surface area contributed by atoms with E-state index < -0.39 is 0 Å². The zero-order chi connectivity index (χ0) is 21.1. The van der Waals surface area contributed by atoms with Gasteiger partial charge in [0.2, 0.25) is 0 Å². The van der Waals surface area contributed by atoms with Crippen LogP contribution in [0.1, 0.15) is 56.3 Å². The second-order valence-electron chi connectivity index (χ2n) is 8.80. The summed E-state index contributed by atoms with van der Waals surface area (Å²) in [6.45, 7) is 12.9. The molecule has 2 N–H and O–H groups in total. The van der Waals surface area contributed by atoms with Crippen molar-refractivity contribution in [1.29, 1.82) is 0 Å². The van der Waals surface area contributed by atoms with E-state index in [2.05, 4.69) is 45.3 Å². The van der Waals surface area contributed by atoms with E-state index in [0.29, 0.717) is 15.7 Å². The predicted octanol–water partition coefficient (Wildman–Crippen LogP) is 6.01. The van der Waals surface area contributed by atoms with Crippen molar-refractivity contribution in [3.63, 3.8) is 0 Å². The molecule has 0 radical (unpaired) electrons. The minimum Gasteiger partial charge on any atom is -0.465 e. The van der Waals surface area contributed by atoms with E-state index in [0.717, 1.165) is 22.4 Å². The molecule has 1 aromatic carbocycles. The molecule has 2 aromatic rings. The van der Waals surface area contributed by atoms with E-state index in [1.54, 1.807) is 0 Å². The number of carbonyl (C=O) groups is 1. The molecular formula is C22H30N2O2S2. The van der Waals surface area contributed by atoms with E-state index in [1.807, 2.05) is 37.3 Å². The summed E-state index contributed by atoms with van der Waals surface area (Å²) in [6.07, 6.45) is 0.949. The van der Waals surface area contributed by atoms with Crippen LogP contribution in [0.4, 0.5) is 5.00 Å². The van der Waals surface area contributed by atoms with Crippen molar-refractivity contribution in [3.8, 4) is 11.1 Å². The number of carbonyl (C=O) groups excluding carboxylic acids is 1. The highest BCUT2D eigenvalue weighted by atomic mass is 32.1. The Kier molecular flexibility index (Phi) is 6.88. The molecular weight excluding hydrogens is 388 g/mol. The summed E-state index contributed by atoms with van der Waals surface area (Å²) in [5, 5.41) is 7.83. The fourth-order valence-electron chi connectivity index (χ4n) is 3.69. The molecule has 0 amide bonds. The van der Waals surface area contributed by atoms with Gasteiger partial charge in [-0.05, 0) is 50.4 Å². The van der Waals surface area contributed by atoms with Gasteiger partial charge in [-0.1, -0.05) is 51.1 Å². The van der Waals surface area contributed by atoms with Crippen molar-refractivity contribution in [2.45, 2.75) is 53.5 Å². The van der Waals surface area contributed by atoms with Crippen molar-refractivity contribution in [3.05, 3.63) is 40.8 Å². The van der Waals surface area contributed by atoms with Crippen LogP contribution in [0, 0.1) is 12.3 Å². The summed E-state index contributed by atoms with van der Waals surface area (Å²) in [6, 6.07) is 9.87. The number of thiophene rings is 1. The maximum atomic E-state index is 12.6. The SMILES string of the molecule is COC(=O)c1c(NC(=S)NC(C)(C)CC(C)(C)C)sc(C)c1-c1ccccc1. The van der Waals surface area contributed by atoms with E-state index in [4.69, 9.17) is 17.0 Å². The highest BCUT2D eigenvalue weighted by molar-refractivity contribution is 7.80. The Balaban J connectivity index is 2.33. The number of hydrogen-bond donors (Lipinski definition) is 2. The maximum absolute atomic E-state index is 12.6. The highest BCUT2D eigenvalue weighted by Gasteiger charge is 2.28. The molecule has 1 aromatic heterocycles. The Bertz CT molecular complexity index is 849. The van der Waals surface area contributed by atoms with Crippen LogP contribution in [0.15, 0.2) is 30.3 Å². The lowest BCUT2D eigenvalue weighted by molar-refractivity contribution is 0.0603. The third-order valence-electron chi connectivity index (χ3n) is 4.19. The number of thiocarbonyl (C=S) groups is 1. The number of rotatable bonds is 5. The number of nitrogens with one attached hydrogen (secondary N) is 2. The molecule has 152 valence electrons. The quantitative estimate of drug-likeness (QED) is 0.460. The number of aryl methyl sites for hydroxylation is 1. The van der Waals surface area contributed by atoms with Crippen LogP contribution in [0.3, 0.4) is 0 Å². The van der Waals surface area contributed by atoms with Gasteiger partial charge in [0.1, 0.15) is 10.6 Å². The Morgan fingerprint density at radius 3 is 2.29 bits per heavy atom. The number of benzene rings is 1. The molecule has 6 heteroatoms. The van der Waals surface area contributed by atoms with Gasteiger partial charge < -0.3 is 15.4 Å². The first-order valence-electron chi connectivity index (χ1n) is 9.30. The van der Waals surface area contributed by atoms with Crippen molar-refractivity contribution < 1.29 is 9.53 Å². The molecule has 0 aliphatic heterocycles. The fraction of sp³-hybridized carbons (Fsp3) is 0.455. The van der Waals surface area contributed by atoms with Gasteiger partial charge in [-0.2, -0.15) is 0 Å². The number of anilines is 1. The number of ether oxygens (including phenoxy) is 1. The normalized spacial score (nSPS) is 11.8. The first-order valence-corrected chi connectivity index (χ1v) is 10.5. The first-order chi connectivity index (χ1) is 12.9. The zero-order valence-electron chi connectivity index (χ0n) is 17.7. The Hall–Kier alpha value is -1.92. The van der Waals surface area contributed by atoms with E-state index in [1.165, 1.54) is 18.4 Å². The molecule has 0 fully saturated rings.